The number of benzene rings is 2. The highest BCUT2D eigenvalue weighted by Gasteiger charge is 2.24. The first kappa shape index (κ1) is 41.2. The SMILES string of the molecule is CCc1cc(OCOCC[Si](C)(C)C)c(F)cc1-c1cc2c(c(I)nn2COCC[Si](C)(C)C)c(NC(C)c2ccccc2N(C)S(C)(=O)=O)n1. The second-order valence-electron chi connectivity index (χ2n) is 15.3. The molecular formula is C36H53FIN5O5SSi2. The fraction of sp³-hybridized carbons (Fsp3) is 0.500. The van der Waals surface area contributed by atoms with E-state index in [0.29, 0.717) is 42.4 Å². The molecule has 0 radical (unpaired) electrons. The zero-order valence-corrected chi connectivity index (χ0v) is 36.5. The third-order valence-electron chi connectivity index (χ3n) is 8.60. The number of nitrogens with one attached hydrogen (secondary N) is 1. The summed E-state index contributed by atoms with van der Waals surface area (Å²) in [7, 11) is -4.51. The molecule has 2 heterocycles. The number of ether oxygens (including phenoxy) is 3. The van der Waals surface area contributed by atoms with Gasteiger partial charge in [-0.05, 0) is 83.4 Å². The third-order valence-corrected chi connectivity index (χ3v) is 14.0. The van der Waals surface area contributed by atoms with Crippen molar-refractivity contribution in [3.8, 4) is 17.0 Å². The molecule has 4 rings (SSSR count). The Morgan fingerprint density at radius 1 is 1.02 bits per heavy atom. The molecule has 0 aliphatic heterocycles. The van der Waals surface area contributed by atoms with Crippen molar-refractivity contribution in [1.29, 1.82) is 0 Å². The average molecular weight is 870 g/mol. The Morgan fingerprint density at radius 3 is 2.29 bits per heavy atom. The standard InChI is InChI=1S/C36H53FIN5O5SSi2/c1-11-26-20-33(48-24-47-17-19-51(8,9)10)29(37)21-28(26)30-22-32-34(35(38)41-43(32)23-46-16-18-50(5,6)7)36(40-30)39-25(2)27-14-12-13-15-31(27)42(3)49(4,44)45/h12-15,20-22,25H,11,16-19,23-24H2,1-10H3,(H,39,40). The molecule has 0 saturated heterocycles. The van der Waals surface area contributed by atoms with Gasteiger partial charge in [0.2, 0.25) is 10.0 Å². The first-order valence-corrected chi connectivity index (χ1v) is 27.6. The van der Waals surface area contributed by atoms with Crippen molar-refractivity contribution in [2.45, 2.75) is 84.4 Å². The van der Waals surface area contributed by atoms with Crippen molar-refractivity contribution in [1.82, 2.24) is 14.8 Å². The number of sulfonamides is 1. The summed E-state index contributed by atoms with van der Waals surface area (Å²) in [6, 6.07) is 14.2. The number of aromatic nitrogens is 3. The maximum Gasteiger partial charge on any atom is 0.232 e. The topological polar surface area (TPSA) is 108 Å². The Bertz CT molecular complexity index is 1930. The molecule has 0 saturated carbocycles. The van der Waals surface area contributed by atoms with Crippen molar-refractivity contribution in [3.63, 3.8) is 0 Å². The molecule has 51 heavy (non-hydrogen) atoms. The van der Waals surface area contributed by atoms with Gasteiger partial charge in [-0.15, -0.1) is 0 Å². The summed E-state index contributed by atoms with van der Waals surface area (Å²) in [5, 5.41) is 9.18. The number of aryl methyl sites for hydroxylation is 1. The lowest BCUT2D eigenvalue weighted by molar-refractivity contribution is 0.0197. The third kappa shape index (κ3) is 11.2. The number of halogens is 2. The molecular weight excluding hydrogens is 817 g/mol. The van der Waals surface area contributed by atoms with Gasteiger partial charge in [0.05, 0.1) is 34.6 Å². The predicted molar refractivity (Wildman–Crippen MR) is 220 cm³/mol. The van der Waals surface area contributed by atoms with Gasteiger partial charge in [-0.25, -0.2) is 22.5 Å². The fourth-order valence-electron chi connectivity index (χ4n) is 5.40. The Balaban J connectivity index is 1.77. The second kappa shape index (κ2) is 17.1. The van der Waals surface area contributed by atoms with Crippen molar-refractivity contribution >= 4 is 71.2 Å². The monoisotopic (exact) mass is 869 g/mol. The van der Waals surface area contributed by atoms with Crippen molar-refractivity contribution in [2.24, 2.45) is 0 Å². The number of hydrogen-bond acceptors (Lipinski definition) is 8. The van der Waals surface area contributed by atoms with Crippen LogP contribution in [0.4, 0.5) is 15.9 Å². The number of nitrogens with zero attached hydrogens (tertiary/aromatic N) is 4. The quantitative estimate of drug-likeness (QED) is 0.0458. The van der Waals surface area contributed by atoms with Crippen LogP contribution in [0.2, 0.25) is 51.4 Å². The van der Waals surface area contributed by atoms with Crippen LogP contribution in [-0.4, -0.2) is 72.6 Å². The number of hydrogen-bond donors (Lipinski definition) is 1. The van der Waals surface area contributed by atoms with Crippen molar-refractivity contribution in [3.05, 3.63) is 63.1 Å². The molecule has 0 spiro atoms. The fourth-order valence-corrected chi connectivity index (χ4v) is 8.23. The van der Waals surface area contributed by atoms with Crippen LogP contribution < -0.4 is 14.4 Å². The normalized spacial score (nSPS) is 13.1. The van der Waals surface area contributed by atoms with E-state index in [1.54, 1.807) is 19.2 Å². The first-order valence-electron chi connectivity index (χ1n) is 17.3. The summed E-state index contributed by atoms with van der Waals surface area (Å²) in [5.41, 5.74) is 4.19. The molecule has 10 nitrogen and oxygen atoms in total. The van der Waals surface area contributed by atoms with Gasteiger partial charge in [0, 0.05) is 42.0 Å². The predicted octanol–water partition coefficient (Wildman–Crippen LogP) is 8.98. The molecule has 0 aliphatic carbocycles. The van der Waals surface area contributed by atoms with Gasteiger partial charge in [0.1, 0.15) is 16.2 Å². The zero-order chi connectivity index (χ0) is 37.7. The number of rotatable bonds is 18. The summed E-state index contributed by atoms with van der Waals surface area (Å²) in [5.74, 6) is 0.179. The van der Waals surface area contributed by atoms with E-state index >= 15 is 4.39 Å². The second-order valence-corrected chi connectivity index (χ2v) is 29.6. The van der Waals surface area contributed by atoms with E-state index in [-0.39, 0.29) is 25.3 Å². The molecule has 0 aliphatic rings. The van der Waals surface area contributed by atoms with Crippen LogP contribution in [-0.2, 0) is 32.6 Å². The summed E-state index contributed by atoms with van der Waals surface area (Å²) >= 11 is 2.21. The van der Waals surface area contributed by atoms with E-state index in [1.807, 2.05) is 42.8 Å². The maximum absolute atomic E-state index is 15.7. The molecule has 1 N–H and O–H groups in total. The zero-order valence-electron chi connectivity index (χ0n) is 31.6. The molecule has 0 fully saturated rings. The maximum atomic E-state index is 15.7. The van der Waals surface area contributed by atoms with E-state index in [2.05, 4.69) is 67.2 Å². The molecule has 1 atom stereocenters. The molecule has 2 aromatic carbocycles. The Kier molecular flexibility index (Phi) is 13.8. The van der Waals surface area contributed by atoms with Crippen LogP contribution in [0.3, 0.4) is 0 Å². The highest BCUT2D eigenvalue weighted by molar-refractivity contribution is 14.1. The number of pyridine rings is 1. The van der Waals surface area contributed by atoms with E-state index < -0.39 is 32.0 Å². The van der Waals surface area contributed by atoms with E-state index in [9.17, 15) is 8.42 Å². The largest absolute Gasteiger partial charge is 0.464 e. The molecule has 0 bridgehead atoms. The number of anilines is 2. The highest BCUT2D eigenvalue weighted by atomic mass is 127. The molecule has 0 amide bonds. The molecule has 1 unspecified atom stereocenters. The Morgan fingerprint density at radius 2 is 1.67 bits per heavy atom. The van der Waals surface area contributed by atoms with Gasteiger partial charge >= 0.3 is 0 Å². The number of para-hydroxylation sites is 1. The van der Waals surface area contributed by atoms with Crippen LogP contribution in [0.1, 0.15) is 31.0 Å². The summed E-state index contributed by atoms with van der Waals surface area (Å²) in [6.07, 6.45) is 1.80. The Labute approximate surface area is 318 Å². The van der Waals surface area contributed by atoms with Gasteiger partial charge in [-0.1, -0.05) is 64.4 Å². The van der Waals surface area contributed by atoms with Crippen LogP contribution in [0, 0.1) is 9.52 Å². The lowest BCUT2D eigenvalue weighted by Crippen LogP contribution is -2.26. The smallest absolute Gasteiger partial charge is 0.232 e. The molecule has 2 aromatic heterocycles. The van der Waals surface area contributed by atoms with Crippen LogP contribution in [0.15, 0.2) is 42.5 Å². The minimum Gasteiger partial charge on any atom is -0.464 e. The molecule has 15 heteroatoms. The minimum atomic E-state index is -3.50. The Hall–Kier alpha value is -2.58. The van der Waals surface area contributed by atoms with Gasteiger partial charge in [0.15, 0.2) is 18.4 Å². The van der Waals surface area contributed by atoms with E-state index in [0.717, 1.165) is 37.8 Å². The average Bonchev–Trinajstić information content (AvgIpc) is 3.36. The van der Waals surface area contributed by atoms with Gasteiger partial charge in [-0.3, -0.25) is 4.31 Å². The van der Waals surface area contributed by atoms with E-state index in [1.165, 1.54) is 16.6 Å². The lowest BCUT2D eigenvalue weighted by atomic mass is 10.0. The number of fused-ring (bicyclic) bond motifs is 1. The lowest BCUT2D eigenvalue weighted by Gasteiger charge is -2.24. The summed E-state index contributed by atoms with van der Waals surface area (Å²) in [6.45, 7) is 19.2. The van der Waals surface area contributed by atoms with Gasteiger partial charge in [-0.2, -0.15) is 5.10 Å². The molecule has 280 valence electrons. The van der Waals surface area contributed by atoms with Crippen molar-refractivity contribution < 1.29 is 27.0 Å². The highest BCUT2D eigenvalue weighted by Crippen LogP contribution is 2.37. The summed E-state index contributed by atoms with van der Waals surface area (Å²) < 4.78 is 62.1. The summed E-state index contributed by atoms with van der Waals surface area (Å²) in [4.78, 5) is 5.09. The first-order chi connectivity index (χ1) is 23.8. The van der Waals surface area contributed by atoms with Crippen LogP contribution >= 0.6 is 22.6 Å². The van der Waals surface area contributed by atoms with Gasteiger partial charge in [0.25, 0.3) is 0 Å². The minimum absolute atomic E-state index is 0.0224. The molecule has 4 aromatic rings. The van der Waals surface area contributed by atoms with E-state index in [4.69, 9.17) is 24.3 Å². The van der Waals surface area contributed by atoms with Gasteiger partial charge < -0.3 is 19.5 Å². The van der Waals surface area contributed by atoms with Crippen molar-refractivity contribution in [2.75, 3.05) is 42.9 Å². The van der Waals surface area contributed by atoms with Crippen LogP contribution in [0.25, 0.3) is 22.2 Å². The van der Waals surface area contributed by atoms with Crippen LogP contribution in [0.5, 0.6) is 5.75 Å².